The van der Waals surface area contributed by atoms with Gasteiger partial charge >= 0.3 is 6.18 Å². The van der Waals surface area contributed by atoms with E-state index < -0.39 is 28.7 Å². The first-order valence-electron chi connectivity index (χ1n) is 6.32. The van der Waals surface area contributed by atoms with Crippen LogP contribution in [0.4, 0.5) is 13.2 Å². The van der Waals surface area contributed by atoms with E-state index in [4.69, 9.17) is 5.26 Å². The van der Waals surface area contributed by atoms with Gasteiger partial charge in [-0.05, 0) is 31.0 Å². The molecule has 1 aromatic rings. The maximum absolute atomic E-state index is 12.8. The molecule has 114 valence electrons. The Kier molecular flexibility index (Phi) is 4.25. The minimum atomic E-state index is -4.40. The van der Waals surface area contributed by atoms with Crippen LogP contribution in [0.3, 0.4) is 0 Å². The third-order valence-corrected chi connectivity index (χ3v) is 5.31. The number of benzene rings is 1. The molecule has 0 spiro atoms. The van der Waals surface area contributed by atoms with E-state index >= 15 is 0 Å². The summed E-state index contributed by atoms with van der Waals surface area (Å²) in [4.78, 5) is -0.149. The Balaban J connectivity index is 2.29. The van der Waals surface area contributed by atoms with Crippen LogP contribution >= 0.6 is 0 Å². The van der Waals surface area contributed by atoms with Gasteiger partial charge in [-0.3, -0.25) is 0 Å². The molecule has 21 heavy (non-hydrogen) atoms. The molecule has 0 radical (unpaired) electrons. The highest BCUT2D eigenvalue weighted by Crippen LogP contribution is 2.34. The summed E-state index contributed by atoms with van der Waals surface area (Å²) in [6, 6.07) is 7.11. The van der Waals surface area contributed by atoms with Crippen molar-refractivity contribution in [1.29, 1.82) is 5.26 Å². The van der Waals surface area contributed by atoms with E-state index in [1.807, 2.05) is 6.07 Å². The van der Waals surface area contributed by atoms with E-state index in [2.05, 4.69) is 0 Å². The average molecular weight is 318 g/mol. The van der Waals surface area contributed by atoms with Crippen LogP contribution in [0.2, 0.25) is 0 Å². The SMILES string of the molecule is N#Cc1cccc(S(=O)(=O)N2CCC[C@@H](C(F)(F)F)C2)c1. The Hall–Kier alpha value is -1.59. The zero-order chi connectivity index (χ0) is 15.7. The third kappa shape index (κ3) is 3.36. The predicted molar refractivity (Wildman–Crippen MR) is 68.7 cm³/mol. The molecule has 1 fully saturated rings. The summed E-state index contributed by atoms with van der Waals surface area (Å²) in [5, 5.41) is 8.78. The average Bonchev–Trinajstić information content (AvgIpc) is 2.46. The summed E-state index contributed by atoms with van der Waals surface area (Å²) in [5.74, 6) is -1.64. The highest BCUT2D eigenvalue weighted by Gasteiger charge is 2.44. The Bertz CT molecular complexity index is 665. The molecule has 1 aliphatic heterocycles. The maximum Gasteiger partial charge on any atom is 0.393 e. The van der Waals surface area contributed by atoms with Crippen molar-refractivity contribution in [2.45, 2.75) is 23.9 Å². The standard InChI is InChI=1S/C13H13F3N2O2S/c14-13(15,16)11-4-2-6-18(9-11)21(19,20)12-5-1-3-10(7-12)8-17/h1,3,5,7,11H,2,4,6,9H2/t11-/m1/s1. The Labute approximate surface area is 120 Å². The van der Waals surface area contributed by atoms with Gasteiger partial charge in [0, 0.05) is 13.1 Å². The van der Waals surface area contributed by atoms with Gasteiger partial charge in [0.2, 0.25) is 10.0 Å². The monoisotopic (exact) mass is 318 g/mol. The first-order valence-corrected chi connectivity index (χ1v) is 7.76. The van der Waals surface area contributed by atoms with E-state index in [1.54, 1.807) is 0 Å². The van der Waals surface area contributed by atoms with Gasteiger partial charge in [0.1, 0.15) is 0 Å². The van der Waals surface area contributed by atoms with Gasteiger partial charge in [-0.25, -0.2) is 8.42 Å². The molecular weight excluding hydrogens is 305 g/mol. The number of rotatable bonds is 2. The van der Waals surface area contributed by atoms with Crippen LogP contribution in [0.5, 0.6) is 0 Å². The lowest BCUT2D eigenvalue weighted by Gasteiger charge is -2.32. The van der Waals surface area contributed by atoms with Crippen LogP contribution in [0, 0.1) is 17.2 Å². The molecule has 0 saturated carbocycles. The van der Waals surface area contributed by atoms with Gasteiger partial charge in [-0.15, -0.1) is 0 Å². The van der Waals surface area contributed by atoms with Crippen molar-refractivity contribution in [3.05, 3.63) is 29.8 Å². The molecule has 0 bridgehead atoms. The summed E-state index contributed by atoms with van der Waals surface area (Å²) in [5.41, 5.74) is 0.153. The lowest BCUT2D eigenvalue weighted by molar-refractivity contribution is -0.182. The molecule has 0 aliphatic carbocycles. The zero-order valence-corrected chi connectivity index (χ0v) is 11.8. The summed E-state index contributed by atoms with van der Waals surface area (Å²) < 4.78 is 63.9. The molecule has 1 saturated heterocycles. The molecule has 0 unspecified atom stereocenters. The van der Waals surface area contributed by atoms with Crippen molar-refractivity contribution in [3.8, 4) is 6.07 Å². The fourth-order valence-corrected chi connectivity index (χ4v) is 3.87. The summed E-state index contributed by atoms with van der Waals surface area (Å²) in [6.45, 7) is -0.506. The molecule has 1 aliphatic rings. The van der Waals surface area contributed by atoms with Crippen molar-refractivity contribution < 1.29 is 21.6 Å². The number of halogens is 3. The second-order valence-corrected chi connectivity index (χ2v) is 6.82. The van der Waals surface area contributed by atoms with Crippen LogP contribution < -0.4 is 0 Å². The molecule has 1 heterocycles. The summed E-state index contributed by atoms with van der Waals surface area (Å²) in [7, 11) is -4.01. The van der Waals surface area contributed by atoms with E-state index in [0.29, 0.717) is 0 Å². The molecule has 0 aromatic heterocycles. The van der Waals surface area contributed by atoms with Crippen molar-refractivity contribution >= 4 is 10.0 Å². The highest BCUT2D eigenvalue weighted by atomic mass is 32.2. The first kappa shape index (κ1) is 15.8. The maximum atomic E-state index is 12.8. The van der Waals surface area contributed by atoms with Crippen LogP contribution in [0.15, 0.2) is 29.2 Å². The largest absolute Gasteiger partial charge is 0.393 e. The molecule has 0 amide bonds. The number of nitrogens with zero attached hydrogens (tertiary/aromatic N) is 2. The number of nitriles is 1. The topological polar surface area (TPSA) is 61.2 Å². The molecule has 1 aromatic carbocycles. The van der Waals surface area contributed by atoms with E-state index in [9.17, 15) is 21.6 Å². The normalized spacial score (nSPS) is 21.0. The Morgan fingerprint density at radius 3 is 2.67 bits per heavy atom. The van der Waals surface area contributed by atoms with E-state index in [-0.39, 0.29) is 29.8 Å². The van der Waals surface area contributed by atoms with Crippen molar-refractivity contribution in [1.82, 2.24) is 4.31 Å². The minimum Gasteiger partial charge on any atom is -0.207 e. The van der Waals surface area contributed by atoms with Crippen molar-refractivity contribution in [3.63, 3.8) is 0 Å². The lowest BCUT2D eigenvalue weighted by Crippen LogP contribution is -2.44. The minimum absolute atomic E-state index is 0.0612. The Morgan fingerprint density at radius 2 is 2.05 bits per heavy atom. The quantitative estimate of drug-likeness (QED) is 0.842. The van der Waals surface area contributed by atoms with Gasteiger partial charge in [-0.2, -0.15) is 22.7 Å². The second kappa shape index (κ2) is 5.66. The molecule has 1 atom stereocenters. The number of piperidine rings is 1. The van der Waals surface area contributed by atoms with Gasteiger partial charge < -0.3 is 0 Å². The van der Waals surface area contributed by atoms with E-state index in [0.717, 1.165) is 4.31 Å². The van der Waals surface area contributed by atoms with Gasteiger partial charge in [0.25, 0.3) is 0 Å². The van der Waals surface area contributed by atoms with Gasteiger partial charge in [0.05, 0.1) is 22.4 Å². The number of sulfonamides is 1. The highest BCUT2D eigenvalue weighted by molar-refractivity contribution is 7.89. The van der Waals surface area contributed by atoms with Crippen LogP contribution in [0.25, 0.3) is 0 Å². The molecule has 0 N–H and O–H groups in total. The second-order valence-electron chi connectivity index (χ2n) is 4.88. The summed E-state index contributed by atoms with van der Waals surface area (Å²) in [6.07, 6.45) is -4.29. The number of hydrogen-bond acceptors (Lipinski definition) is 3. The lowest BCUT2D eigenvalue weighted by atomic mass is 9.99. The third-order valence-electron chi connectivity index (χ3n) is 3.45. The molecule has 8 heteroatoms. The van der Waals surface area contributed by atoms with Gasteiger partial charge in [-0.1, -0.05) is 6.07 Å². The van der Waals surface area contributed by atoms with Crippen LogP contribution in [-0.4, -0.2) is 32.0 Å². The molecule has 2 rings (SSSR count). The molecule has 4 nitrogen and oxygen atoms in total. The van der Waals surface area contributed by atoms with Gasteiger partial charge in [0.15, 0.2) is 0 Å². The first-order chi connectivity index (χ1) is 9.75. The van der Waals surface area contributed by atoms with Crippen molar-refractivity contribution in [2.24, 2.45) is 5.92 Å². The predicted octanol–water partition coefficient (Wildman–Crippen LogP) is 2.52. The van der Waals surface area contributed by atoms with Crippen LogP contribution in [0.1, 0.15) is 18.4 Å². The number of alkyl halides is 3. The fraction of sp³-hybridized carbons (Fsp3) is 0.462. The fourth-order valence-electron chi connectivity index (χ4n) is 2.30. The summed E-state index contributed by atoms with van der Waals surface area (Å²) >= 11 is 0. The van der Waals surface area contributed by atoms with Crippen molar-refractivity contribution in [2.75, 3.05) is 13.1 Å². The number of hydrogen-bond donors (Lipinski definition) is 0. The smallest absolute Gasteiger partial charge is 0.207 e. The molecular formula is C13H13F3N2O2S. The Morgan fingerprint density at radius 1 is 1.33 bits per heavy atom. The van der Waals surface area contributed by atoms with Crippen LogP contribution in [-0.2, 0) is 10.0 Å². The van der Waals surface area contributed by atoms with E-state index in [1.165, 1.54) is 24.3 Å². The zero-order valence-electron chi connectivity index (χ0n) is 11.0.